The number of benzene rings is 2. The number of rotatable bonds is 4. The van der Waals surface area contributed by atoms with Crippen molar-refractivity contribution >= 4 is 17.6 Å². The number of hydrogen-bond donors (Lipinski definition) is 0. The quantitative estimate of drug-likeness (QED) is 0.816. The number of anilines is 1. The van der Waals surface area contributed by atoms with Gasteiger partial charge in [-0.05, 0) is 42.8 Å². The van der Waals surface area contributed by atoms with Crippen molar-refractivity contribution in [2.45, 2.75) is 6.92 Å². The molecule has 0 aliphatic heterocycles. The Bertz CT molecular complexity index is 683. The molecule has 2 aromatic carbocycles. The van der Waals surface area contributed by atoms with E-state index in [0.29, 0.717) is 11.3 Å². The Hall–Kier alpha value is -2.69. The second-order valence-corrected chi connectivity index (χ2v) is 4.82. The predicted molar refractivity (Wildman–Crippen MR) is 81.3 cm³/mol. The summed E-state index contributed by atoms with van der Waals surface area (Å²) in [4.78, 5) is 25.2. The van der Waals surface area contributed by atoms with Crippen molar-refractivity contribution in [3.8, 4) is 0 Å². The molecule has 0 aliphatic carbocycles. The molecule has 0 bridgehead atoms. The molecule has 5 heteroatoms. The van der Waals surface area contributed by atoms with Crippen LogP contribution in [0.1, 0.15) is 15.9 Å². The Labute approximate surface area is 128 Å². The number of nitrogens with zero attached hydrogens (tertiary/aromatic N) is 1. The van der Waals surface area contributed by atoms with Crippen LogP contribution in [-0.4, -0.2) is 25.5 Å². The van der Waals surface area contributed by atoms with Gasteiger partial charge >= 0.3 is 5.97 Å². The highest BCUT2D eigenvalue weighted by atomic mass is 19.1. The van der Waals surface area contributed by atoms with Crippen LogP contribution in [0.25, 0.3) is 0 Å². The van der Waals surface area contributed by atoms with E-state index in [1.165, 1.54) is 36.2 Å². The molecule has 0 saturated carbocycles. The zero-order valence-electron chi connectivity index (χ0n) is 12.4. The summed E-state index contributed by atoms with van der Waals surface area (Å²) in [6.07, 6.45) is 0. The number of likely N-dealkylation sites (N-methyl/N-ethyl adjacent to an activating group) is 1. The summed E-state index contributed by atoms with van der Waals surface area (Å²) in [5.41, 5.74) is 1.74. The Morgan fingerprint density at radius 2 is 1.73 bits per heavy atom. The van der Waals surface area contributed by atoms with E-state index in [2.05, 4.69) is 0 Å². The molecule has 114 valence electrons. The summed E-state index contributed by atoms with van der Waals surface area (Å²) < 4.78 is 17.9. The third-order valence-corrected chi connectivity index (χ3v) is 3.28. The molecule has 2 aromatic rings. The van der Waals surface area contributed by atoms with E-state index >= 15 is 0 Å². The lowest BCUT2D eigenvalue weighted by molar-refractivity contribution is -0.121. The third-order valence-electron chi connectivity index (χ3n) is 3.28. The van der Waals surface area contributed by atoms with Crippen LogP contribution in [0.2, 0.25) is 0 Å². The molecule has 0 fully saturated rings. The second kappa shape index (κ2) is 6.85. The Morgan fingerprint density at radius 3 is 2.36 bits per heavy atom. The minimum atomic E-state index is -0.543. The van der Waals surface area contributed by atoms with Gasteiger partial charge in [0.25, 0.3) is 5.91 Å². The summed E-state index contributed by atoms with van der Waals surface area (Å²) in [5, 5.41) is 0. The first kappa shape index (κ1) is 15.7. The molecule has 0 unspecified atom stereocenters. The molecule has 0 aliphatic rings. The number of amides is 1. The van der Waals surface area contributed by atoms with Gasteiger partial charge in [0.15, 0.2) is 6.61 Å². The molecule has 0 radical (unpaired) electrons. The lowest BCUT2D eigenvalue weighted by Crippen LogP contribution is -2.31. The molecule has 0 saturated heterocycles. The van der Waals surface area contributed by atoms with Crippen LogP contribution >= 0.6 is 0 Å². The molecule has 4 nitrogen and oxygen atoms in total. The van der Waals surface area contributed by atoms with Crippen molar-refractivity contribution in [2.75, 3.05) is 18.6 Å². The highest BCUT2D eigenvalue weighted by Crippen LogP contribution is 2.14. The Kier molecular flexibility index (Phi) is 4.88. The molecule has 0 heterocycles. The molecule has 1 amide bonds. The molecular weight excluding hydrogens is 285 g/mol. The molecule has 0 aromatic heterocycles. The summed E-state index contributed by atoms with van der Waals surface area (Å²) >= 11 is 0. The summed E-state index contributed by atoms with van der Waals surface area (Å²) in [6, 6.07) is 12.5. The van der Waals surface area contributed by atoms with Crippen LogP contribution in [0.3, 0.4) is 0 Å². The van der Waals surface area contributed by atoms with E-state index in [1.807, 2.05) is 6.07 Å². The Balaban J connectivity index is 1.96. The maximum atomic E-state index is 12.9. The largest absolute Gasteiger partial charge is 0.452 e. The van der Waals surface area contributed by atoms with Gasteiger partial charge in [0.05, 0.1) is 5.56 Å². The number of ether oxygens (including phenoxy) is 1. The van der Waals surface area contributed by atoms with E-state index < -0.39 is 11.9 Å². The fourth-order valence-corrected chi connectivity index (χ4v) is 1.91. The van der Waals surface area contributed by atoms with Gasteiger partial charge in [-0.2, -0.15) is 0 Å². The first-order valence-corrected chi connectivity index (χ1v) is 6.74. The first-order chi connectivity index (χ1) is 10.5. The average molecular weight is 301 g/mol. The van der Waals surface area contributed by atoms with Gasteiger partial charge in [0, 0.05) is 12.7 Å². The third kappa shape index (κ3) is 3.69. The SMILES string of the molecule is Cc1ccccc1C(=O)OCC(=O)N(C)c1ccc(F)cc1. The summed E-state index contributed by atoms with van der Waals surface area (Å²) in [7, 11) is 1.54. The van der Waals surface area contributed by atoms with Gasteiger partial charge in [-0.1, -0.05) is 18.2 Å². The highest BCUT2D eigenvalue weighted by Gasteiger charge is 2.15. The summed E-state index contributed by atoms with van der Waals surface area (Å²) in [6.45, 7) is 1.42. The van der Waals surface area contributed by atoms with Crippen molar-refractivity contribution in [3.63, 3.8) is 0 Å². The number of carbonyl (C=O) groups excluding carboxylic acids is 2. The van der Waals surface area contributed by atoms with E-state index in [9.17, 15) is 14.0 Å². The number of carbonyl (C=O) groups is 2. The van der Waals surface area contributed by atoms with E-state index in [0.717, 1.165) is 5.56 Å². The number of aryl methyl sites for hydroxylation is 1. The standard InChI is InChI=1S/C17H16FNO3/c1-12-5-3-4-6-15(12)17(21)22-11-16(20)19(2)14-9-7-13(18)8-10-14/h3-10H,11H2,1-2H3. The van der Waals surface area contributed by atoms with Crippen LogP contribution < -0.4 is 4.90 Å². The zero-order valence-corrected chi connectivity index (χ0v) is 12.4. The lowest BCUT2D eigenvalue weighted by Gasteiger charge is -2.17. The zero-order chi connectivity index (χ0) is 16.1. The first-order valence-electron chi connectivity index (χ1n) is 6.74. The van der Waals surface area contributed by atoms with Gasteiger partial charge in [0.2, 0.25) is 0 Å². The van der Waals surface area contributed by atoms with Crippen molar-refractivity contribution in [2.24, 2.45) is 0 Å². The van der Waals surface area contributed by atoms with Gasteiger partial charge in [-0.3, -0.25) is 4.79 Å². The minimum absolute atomic E-state index is 0.374. The van der Waals surface area contributed by atoms with Crippen LogP contribution in [0.5, 0.6) is 0 Å². The lowest BCUT2D eigenvalue weighted by atomic mass is 10.1. The molecular formula is C17H16FNO3. The number of hydrogen-bond acceptors (Lipinski definition) is 3. The van der Waals surface area contributed by atoms with Crippen molar-refractivity contribution in [3.05, 3.63) is 65.5 Å². The van der Waals surface area contributed by atoms with Gasteiger partial charge in [-0.15, -0.1) is 0 Å². The molecule has 0 atom stereocenters. The average Bonchev–Trinajstić information content (AvgIpc) is 2.52. The smallest absolute Gasteiger partial charge is 0.338 e. The molecule has 2 rings (SSSR count). The number of halogens is 1. The monoisotopic (exact) mass is 301 g/mol. The van der Waals surface area contributed by atoms with Gasteiger partial charge < -0.3 is 9.64 Å². The maximum absolute atomic E-state index is 12.9. The van der Waals surface area contributed by atoms with Crippen LogP contribution in [0.4, 0.5) is 10.1 Å². The second-order valence-electron chi connectivity index (χ2n) is 4.82. The van der Waals surface area contributed by atoms with Crippen molar-refractivity contribution in [1.29, 1.82) is 0 Å². The van der Waals surface area contributed by atoms with Crippen LogP contribution in [-0.2, 0) is 9.53 Å². The minimum Gasteiger partial charge on any atom is -0.452 e. The van der Waals surface area contributed by atoms with E-state index in [1.54, 1.807) is 25.1 Å². The molecule has 0 N–H and O–H groups in total. The van der Waals surface area contributed by atoms with Crippen LogP contribution in [0, 0.1) is 12.7 Å². The van der Waals surface area contributed by atoms with Crippen molar-refractivity contribution < 1.29 is 18.7 Å². The van der Waals surface area contributed by atoms with Gasteiger partial charge in [0.1, 0.15) is 5.82 Å². The summed E-state index contributed by atoms with van der Waals surface area (Å²) in [5.74, 6) is -1.32. The maximum Gasteiger partial charge on any atom is 0.338 e. The fraction of sp³-hybridized carbons (Fsp3) is 0.176. The number of esters is 1. The van der Waals surface area contributed by atoms with E-state index in [-0.39, 0.29) is 12.4 Å². The molecule has 22 heavy (non-hydrogen) atoms. The van der Waals surface area contributed by atoms with E-state index in [4.69, 9.17) is 4.74 Å². The fourth-order valence-electron chi connectivity index (χ4n) is 1.91. The van der Waals surface area contributed by atoms with Crippen LogP contribution in [0.15, 0.2) is 48.5 Å². The van der Waals surface area contributed by atoms with Gasteiger partial charge in [-0.25, -0.2) is 9.18 Å². The molecule has 0 spiro atoms. The normalized spacial score (nSPS) is 10.1. The predicted octanol–water partition coefficient (Wildman–Crippen LogP) is 2.95. The van der Waals surface area contributed by atoms with Crippen molar-refractivity contribution in [1.82, 2.24) is 0 Å². The highest BCUT2D eigenvalue weighted by molar-refractivity contribution is 5.97. The Morgan fingerprint density at radius 1 is 1.09 bits per heavy atom. The topological polar surface area (TPSA) is 46.6 Å².